The lowest BCUT2D eigenvalue weighted by atomic mass is 9.90. The van der Waals surface area contributed by atoms with Crippen molar-refractivity contribution in [3.63, 3.8) is 0 Å². The zero-order chi connectivity index (χ0) is 64.8. The number of piperidine rings is 2. The van der Waals surface area contributed by atoms with Crippen molar-refractivity contribution >= 4 is 46.6 Å². The van der Waals surface area contributed by atoms with E-state index in [0.717, 1.165) is 83.7 Å². The third-order valence-corrected chi connectivity index (χ3v) is 17.4. The zero-order valence-corrected chi connectivity index (χ0v) is 55.1. The van der Waals surface area contributed by atoms with Crippen molar-refractivity contribution in [3.05, 3.63) is 214 Å². The van der Waals surface area contributed by atoms with E-state index in [0.29, 0.717) is 57.8 Å². The van der Waals surface area contributed by atoms with Gasteiger partial charge in [0.05, 0.1) is 18.8 Å². The Labute approximate surface area is 550 Å². The molecule has 11 nitrogen and oxygen atoms in total. The molecule has 0 radical (unpaired) electrons. The van der Waals surface area contributed by atoms with Gasteiger partial charge in [-0.3, -0.25) is 39.5 Å². The zero-order valence-electron chi connectivity index (χ0n) is 52.9. The molecule has 474 valence electrons. The van der Waals surface area contributed by atoms with Crippen molar-refractivity contribution in [2.45, 2.75) is 125 Å². The highest BCUT2D eigenvalue weighted by Gasteiger charge is 2.31. The van der Waals surface area contributed by atoms with Crippen molar-refractivity contribution in [1.29, 1.82) is 0 Å². The third-order valence-electron chi connectivity index (χ3n) is 16.5. The molecule has 0 aliphatic carbocycles. The Morgan fingerprint density at radius 1 is 0.462 bits per heavy atom. The lowest BCUT2D eigenvalue weighted by Crippen LogP contribution is -2.44. The molecule has 9 aromatic rings. The van der Waals surface area contributed by atoms with Crippen LogP contribution in [0.15, 0.2) is 165 Å². The Balaban J connectivity index is 0.000000177. The summed E-state index contributed by atoms with van der Waals surface area (Å²) in [7, 11) is 0. The van der Waals surface area contributed by atoms with Crippen LogP contribution in [0.5, 0.6) is 0 Å². The molecular formula is C75H81Cl3F2N8O3. The molecule has 0 bridgehead atoms. The normalized spacial score (nSPS) is 16.8. The van der Waals surface area contributed by atoms with Crippen LogP contribution < -0.4 is 0 Å². The fourth-order valence-electron chi connectivity index (χ4n) is 10.6. The summed E-state index contributed by atoms with van der Waals surface area (Å²) in [5.74, 6) is -0.396. The molecule has 91 heavy (non-hydrogen) atoms. The van der Waals surface area contributed by atoms with Crippen LogP contribution in [0.3, 0.4) is 0 Å². The highest BCUT2D eigenvalue weighted by molar-refractivity contribution is 6.34. The number of rotatable bonds is 9. The van der Waals surface area contributed by atoms with Gasteiger partial charge in [-0.05, 0) is 153 Å². The van der Waals surface area contributed by atoms with Gasteiger partial charge in [0.1, 0.15) is 17.9 Å². The average molecular weight is 1290 g/mol. The summed E-state index contributed by atoms with van der Waals surface area (Å²) in [6, 6.07) is 34.5. The molecular weight excluding hydrogens is 1210 g/mol. The van der Waals surface area contributed by atoms with E-state index < -0.39 is 17.9 Å². The van der Waals surface area contributed by atoms with E-state index >= 15 is 0 Å². The van der Waals surface area contributed by atoms with Crippen LogP contribution in [-0.2, 0) is 16.4 Å². The van der Waals surface area contributed by atoms with Crippen molar-refractivity contribution in [2.75, 3.05) is 26.2 Å². The van der Waals surface area contributed by atoms with E-state index in [4.69, 9.17) is 34.8 Å². The predicted molar refractivity (Wildman–Crippen MR) is 367 cm³/mol. The van der Waals surface area contributed by atoms with Crippen molar-refractivity contribution < 1.29 is 23.5 Å². The summed E-state index contributed by atoms with van der Waals surface area (Å²) in [5.41, 5.74) is 14.7. The van der Waals surface area contributed by atoms with Crippen molar-refractivity contribution in [1.82, 2.24) is 39.7 Å². The number of alkyl halides is 2. The highest BCUT2D eigenvalue weighted by Crippen LogP contribution is 2.37. The Morgan fingerprint density at radius 2 is 0.791 bits per heavy atom. The SMILES string of the molecule is C.C[C@@H]1CCN(C(=O)c2ccc(-c3cncc(-c4ccnc(C(C)(C)C)c4)c3)c(Cl)c2)C[C@H]1F.C[C@H]1CCN(C(=O)c2ccc(-c3cncc(-c4ccnc(C(C)(C)C)c4)c3)c(Cl)c2)C[C@@H]1F.Cc1ccc(-c2cncc(-c3ccnc(C(C)(C)O)c3)c2)c(Cl)c1. The van der Waals surface area contributed by atoms with Gasteiger partial charge in [0.15, 0.2) is 0 Å². The van der Waals surface area contributed by atoms with Crippen LogP contribution in [0.1, 0.15) is 133 Å². The summed E-state index contributed by atoms with van der Waals surface area (Å²) in [4.78, 5) is 55.4. The van der Waals surface area contributed by atoms with Gasteiger partial charge >= 0.3 is 0 Å². The lowest BCUT2D eigenvalue weighted by molar-refractivity contribution is 0.0536. The smallest absolute Gasteiger partial charge is 0.254 e. The fourth-order valence-corrected chi connectivity index (χ4v) is 11.5. The summed E-state index contributed by atoms with van der Waals surface area (Å²) in [5, 5.41) is 11.8. The van der Waals surface area contributed by atoms with Crippen LogP contribution in [0.25, 0.3) is 66.8 Å². The number of pyridine rings is 6. The first kappa shape index (κ1) is 69.1. The molecule has 2 aliphatic heterocycles. The molecule has 11 rings (SSSR count). The van der Waals surface area contributed by atoms with Crippen LogP contribution in [0, 0.1) is 18.8 Å². The lowest BCUT2D eigenvalue weighted by Gasteiger charge is -2.33. The van der Waals surface area contributed by atoms with E-state index in [1.165, 1.54) is 0 Å². The van der Waals surface area contributed by atoms with Gasteiger partial charge in [0.25, 0.3) is 11.8 Å². The van der Waals surface area contributed by atoms with Crippen LogP contribution in [-0.4, -0.2) is 95.1 Å². The van der Waals surface area contributed by atoms with Gasteiger partial charge in [0, 0.05) is 167 Å². The van der Waals surface area contributed by atoms with Gasteiger partial charge in [-0.1, -0.05) is 122 Å². The first-order chi connectivity index (χ1) is 42.6. The number of carbonyl (C=O) groups is 2. The number of aryl methyl sites for hydroxylation is 1. The Kier molecular flexibility index (Phi) is 22.2. The maximum atomic E-state index is 14.1. The monoisotopic (exact) mass is 1280 g/mol. The van der Waals surface area contributed by atoms with Crippen LogP contribution in [0.4, 0.5) is 8.78 Å². The second kappa shape index (κ2) is 29.2. The van der Waals surface area contributed by atoms with E-state index in [2.05, 4.69) is 83.6 Å². The molecule has 3 aromatic carbocycles. The molecule has 16 heteroatoms. The number of aliphatic hydroxyl groups is 1. The number of nitrogens with zero attached hydrogens (tertiary/aromatic N) is 8. The molecule has 0 spiro atoms. The highest BCUT2D eigenvalue weighted by atomic mass is 35.5. The molecule has 4 atom stereocenters. The summed E-state index contributed by atoms with van der Waals surface area (Å²) < 4.78 is 28.2. The average Bonchev–Trinajstić information content (AvgIpc) is 0.897. The Morgan fingerprint density at radius 3 is 1.12 bits per heavy atom. The molecule has 8 heterocycles. The first-order valence-electron chi connectivity index (χ1n) is 30.3. The fraction of sp³-hybridized carbons (Fsp3) is 0.333. The molecule has 2 saturated heterocycles. The molecule has 0 saturated carbocycles. The predicted octanol–water partition coefficient (Wildman–Crippen LogP) is 18.8. The first-order valence-corrected chi connectivity index (χ1v) is 31.5. The number of aromatic nitrogens is 6. The van der Waals surface area contributed by atoms with E-state index in [1.54, 1.807) is 78.9 Å². The Hall–Kier alpha value is -7.81. The van der Waals surface area contributed by atoms with E-state index in [9.17, 15) is 23.5 Å². The van der Waals surface area contributed by atoms with Crippen LogP contribution >= 0.6 is 34.8 Å². The number of likely N-dealkylation sites (tertiary alicyclic amines) is 2. The maximum absolute atomic E-state index is 14.1. The molecule has 2 fully saturated rings. The molecule has 2 amide bonds. The van der Waals surface area contributed by atoms with Gasteiger partial charge in [-0.15, -0.1) is 0 Å². The molecule has 6 aromatic heterocycles. The summed E-state index contributed by atoms with van der Waals surface area (Å²) in [6.07, 6.45) is 15.5. The second-order valence-electron chi connectivity index (χ2n) is 26.2. The van der Waals surface area contributed by atoms with Gasteiger partial charge in [-0.25, -0.2) is 8.78 Å². The number of halogens is 5. The third kappa shape index (κ3) is 17.2. The van der Waals surface area contributed by atoms with Gasteiger partial charge < -0.3 is 14.9 Å². The number of hydrogen-bond acceptors (Lipinski definition) is 9. The minimum absolute atomic E-state index is 0. The molecule has 2 aliphatic rings. The van der Waals surface area contributed by atoms with Gasteiger partial charge in [0.2, 0.25) is 0 Å². The quantitative estimate of drug-likeness (QED) is 0.150. The van der Waals surface area contributed by atoms with Crippen LogP contribution in [0.2, 0.25) is 15.1 Å². The largest absolute Gasteiger partial charge is 0.384 e. The minimum Gasteiger partial charge on any atom is -0.384 e. The van der Waals surface area contributed by atoms with Crippen molar-refractivity contribution in [2.24, 2.45) is 11.8 Å². The summed E-state index contributed by atoms with van der Waals surface area (Å²) >= 11 is 19.6. The van der Waals surface area contributed by atoms with E-state index in [1.807, 2.05) is 118 Å². The summed E-state index contributed by atoms with van der Waals surface area (Å²) in [6.45, 7) is 23.4. The molecule has 0 unspecified atom stereocenters. The standard InChI is InChI=1S/2C27H29ClFN3O.C20H19ClN2O.CH4/c2*1-17-8-10-32(16-24(17)29)26(33)19-5-6-22(23(28)12-19)21-11-20(14-30-15-21)18-7-9-31-25(13-18)27(2,3)4;1-13-4-5-17(18(21)8-13)16-9-15(11-22-12-16)14-6-7-23-19(10-14)20(2,3)24;/h2*5-7,9,11-15,17,24H,8,10,16H2,1-4H3;4-12,24H,1-3H3;1H4/t2*17-,24-;;/m10../s1. The number of hydrogen-bond donors (Lipinski definition) is 1. The Bertz CT molecular complexity index is 3870. The number of carbonyl (C=O) groups excluding carboxylic acids is 2. The maximum Gasteiger partial charge on any atom is 0.254 e. The van der Waals surface area contributed by atoms with Crippen molar-refractivity contribution in [3.8, 4) is 66.8 Å². The van der Waals surface area contributed by atoms with Gasteiger partial charge in [-0.2, -0.15) is 0 Å². The number of amides is 2. The van der Waals surface area contributed by atoms with E-state index in [-0.39, 0.29) is 55.0 Å². The minimum atomic E-state index is -0.988. The second-order valence-corrected chi connectivity index (χ2v) is 27.4. The number of benzene rings is 3. The molecule has 1 N–H and O–H groups in total. The topological polar surface area (TPSA) is 138 Å².